The molecule has 3 amide bonds. The summed E-state index contributed by atoms with van der Waals surface area (Å²) < 4.78 is 0. The van der Waals surface area contributed by atoms with Gasteiger partial charge in [0.2, 0.25) is 17.7 Å². The van der Waals surface area contributed by atoms with Crippen LogP contribution in [0.25, 0.3) is 0 Å². The maximum absolute atomic E-state index is 12.8. The molecule has 4 atom stereocenters. The van der Waals surface area contributed by atoms with Crippen molar-refractivity contribution in [3.05, 3.63) is 65.7 Å². The summed E-state index contributed by atoms with van der Waals surface area (Å²) in [6, 6.07) is 10.2. The van der Waals surface area contributed by atoms with Crippen molar-refractivity contribution in [2.24, 2.45) is 5.73 Å². The van der Waals surface area contributed by atoms with Crippen LogP contribution in [0.1, 0.15) is 18.1 Å². The third-order valence-corrected chi connectivity index (χ3v) is 5.19. The van der Waals surface area contributed by atoms with E-state index in [2.05, 4.69) is 16.0 Å². The number of aliphatic hydroxyl groups is 1. The van der Waals surface area contributed by atoms with E-state index in [0.29, 0.717) is 5.56 Å². The molecule has 0 heterocycles. The molecule has 11 heteroatoms. The second kappa shape index (κ2) is 13.1. The molecule has 2 aromatic carbocycles. The largest absolute Gasteiger partial charge is 0.508 e. The molecule has 2 aromatic rings. The molecule has 0 aromatic heterocycles. The Balaban J connectivity index is 2.03. The first-order valence-corrected chi connectivity index (χ1v) is 10.9. The number of amides is 3. The van der Waals surface area contributed by atoms with Gasteiger partial charge < -0.3 is 37.0 Å². The van der Waals surface area contributed by atoms with Crippen molar-refractivity contribution in [2.75, 3.05) is 6.61 Å². The molecule has 8 N–H and O–H groups in total. The number of carboxylic acid groups (broad SMARTS) is 1. The Morgan fingerprint density at radius 2 is 1.37 bits per heavy atom. The first-order valence-electron chi connectivity index (χ1n) is 10.9. The minimum Gasteiger partial charge on any atom is -0.508 e. The molecule has 0 aliphatic rings. The summed E-state index contributed by atoms with van der Waals surface area (Å²) >= 11 is 0. The highest BCUT2D eigenvalue weighted by molar-refractivity contribution is 5.94. The summed E-state index contributed by atoms with van der Waals surface area (Å²) in [6.45, 7) is 0.601. The van der Waals surface area contributed by atoms with Gasteiger partial charge in [-0.1, -0.05) is 42.5 Å². The number of carbonyl (C=O) groups excluding carboxylic acids is 3. The van der Waals surface area contributed by atoms with Crippen LogP contribution in [0.2, 0.25) is 0 Å². The number of nitrogens with two attached hydrogens (primary N) is 1. The average molecular weight is 487 g/mol. The minimum atomic E-state index is -1.53. The molecule has 2 rings (SSSR count). The van der Waals surface area contributed by atoms with Gasteiger partial charge in [-0.15, -0.1) is 0 Å². The first-order chi connectivity index (χ1) is 16.6. The number of phenolic OH excluding ortho intramolecular Hbond substituents is 1. The number of rotatable bonds is 12. The van der Waals surface area contributed by atoms with Crippen molar-refractivity contribution in [3.63, 3.8) is 0 Å². The molecule has 0 radical (unpaired) electrons. The topological polar surface area (TPSA) is 191 Å². The van der Waals surface area contributed by atoms with E-state index in [1.54, 1.807) is 42.5 Å². The summed E-state index contributed by atoms with van der Waals surface area (Å²) in [4.78, 5) is 49.1. The number of hydrogen-bond donors (Lipinski definition) is 7. The van der Waals surface area contributed by atoms with E-state index < -0.39 is 54.5 Å². The number of nitrogens with one attached hydrogen (secondary N) is 3. The van der Waals surface area contributed by atoms with Gasteiger partial charge in [0.05, 0.1) is 12.6 Å². The highest BCUT2D eigenvalue weighted by atomic mass is 16.4. The maximum Gasteiger partial charge on any atom is 0.328 e. The van der Waals surface area contributed by atoms with E-state index in [-0.39, 0.29) is 18.6 Å². The van der Waals surface area contributed by atoms with Gasteiger partial charge in [-0.2, -0.15) is 0 Å². The zero-order valence-electron chi connectivity index (χ0n) is 19.2. The maximum atomic E-state index is 12.8. The van der Waals surface area contributed by atoms with Crippen LogP contribution < -0.4 is 21.7 Å². The summed E-state index contributed by atoms with van der Waals surface area (Å²) in [6.07, 6.45) is 0.231. The third kappa shape index (κ3) is 8.72. The lowest BCUT2D eigenvalue weighted by Gasteiger charge is -2.23. The Kier molecular flexibility index (Phi) is 10.2. The van der Waals surface area contributed by atoms with E-state index >= 15 is 0 Å². The quantitative estimate of drug-likeness (QED) is 0.200. The lowest BCUT2D eigenvalue weighted by molar-refractivity contribution is -0.143. The van der Waals surface area contributed by atoms with Gasteiger partial charge >= 0.3 is 5.97 Å². The zero-order chi connectivity index (χ0) is 26.0. The number of hydrogen-bond acceptors (Lipinski definition) is 7. The lowest BCUT2D eigenvalue weighted by Crippen LogP contribution is -2.57. The minimum absolute atomic E-state index is 0.0528. The van der Waals surface area contributed by atoms with E-state index in [1.165, 1.54) is 19.1 Å². The van der Waals surface area contributed by atoms with Gasteiger partial charge in [-0.05, 0) is 36.6 Å². The van der Waals surface area contributed by atoms with Gasteiger partial charge in [0.25, 0.3) is 0 Å². The number of benzene rings is 2. The molecule has 35 heavy (non-hydrogen) atoms. The third-order valence-electron chi connectivity index (χ3n) is 5.19. The molecule has 11 nitrogen and oxygen atoms in total. The van der Waals surface area contributed by atoms with E-state index in [4.69, 9.17) is 10.8 Å². The van der Waals surface area contributed by atoms with Crippen molar-refractivity contribution in [2.45, 2.75) is 43.9 Å². The second-order valence-electron chi connectivity index (χ2n) is 8.04. The predicted molar refractivity (Wildman–Crippen MR) is 126 cm³/mol. The smallest absolute Gasteiger partial charge is 0.328 e. The van der Waals surface area contributed by atoms with Crippen LogP contribution in [0.3, 0.4) is 0 Å². The lowest BCUT2D eigenvalue weighted by atomic mass is 10.0. The summed E-state index contributed by atoms with van der Waals surface area (Å²) in [5, 5.41) is 34.9. The van der Waals surface area contributed by atoms with Crippen molar-refractivity contribution >= 4 is 23.7 Å². The standard InChI is InChI=1S/C24H30N4O7/c1-14(26-22(32)18(25)11-16-7-9-17(30)10-8-16)21(31)27-19(12-15-5-3-2-4-6-15)23(33)28-20(13-29)24(34)35/h2-10,14,18-20,29-30H,11-13,25H2,1H3,(H,26,32)(H,27,31)(H,28,33)(H,34,35). The van der Waals surface area contributed by atoms with E-state index in [1.807, 2.05) is 0 Å². The van der Waals surface area contributed by atoms with Crippen LogP contribution in [0.5, 0.6) is 5.75 Å². The van der Waals surface area contributed by atoms with Crippen LogP contribution in [0.15, 0.2) is 54.6 Å². The normalized spacial score (nSPS) is 14.1. The molecule has 0 saturated heterocycles. The number of aromatic hydroxyl groups is 1. The van der Waals surface area contributed by atoms with Crippen molar-refractivity contribution in [3.8, 4) is 5.75 Å². The van der Waals surface area contributed by atoms with Crippen molar-refractivity contribution in [1.29, 1.82) is 0 Å². The predicted octanol–water partition coefficient (Wildman–Crippen LogP) is -0.944. The molecular formula is C24H30N4O7. The molecule has 0 fully saturated rings. The highest BCUT2D eigenvalue weighted by Crippen LogP contribution is 2.11. The fourth-order valence-electron chi connectivity index (χ4n) is 3.18. The summed E-state index contributed by atoms with van der Waals surface area (Å²) in [5.41, 5.74) is 7.36. The Labute approximate surface area is 202 Å². The fraction of sp³-hybridized carbons (Fsp3) is 0.333. The van der Waals surface area contributed by atoms with Gasteiger partial charge in [0.15, 0.2) is 0 Å². The summed E-state index contributed by atoms with van der Waals surface area (Å²) in [7, 11) is 0. The van der Waals surface area contributed by atoms with Crippen molar-refractivity contribution in [1.82, 2.24) is 16.0 Å². The Morgan fingerprint density at radius 3 is 1.94 bits per heavy atom. The zero-order valence-corrected chi connectivity index (χ0v) is 19.2. The molecule has 0 spiro atoms. The number of aliphatic hydroxyl groups excluding tert-OH is 1. The monoisotopic (exact) mass is 486 g/mol. The number of carboxylic acids is 1. The number of aliphatic carboxylic acids is 1. The van der Waals surface area contributed by atoms with Crippen LogP contribution >= 0.6 is 0 Å². The Hall–Kier alpha value is -3.96. The average Bonchev–Trinajstić information content (AvgIpc) is 2.83. The summed E-state index contributed by atoms with van der Waals surface area (Å²) in [5.74, 6) is -3.40. The molecule has 0 bridgehead atoms. The number of carbonyl (C=O) groups is 4. The van der Waals surface area contributed by atoms with Gasteiger partial charge in [-0.3, -0.25) is 14.4 Å². The molecule has 0 aliphatic carbocycles. The van der Waals surface area contributed by atoms with Crippen LogP contribution in [-0.2, 0) is 32.0 Å². The van der Waals surface area contributed by atoms with E-state index in [0.717, 1.165) is 5.56 Å². The molecule has 4 unspecified atom stereocenters. The Bertz CT molecular complexity index is 1010. The molecule has 0 aliphatic heterocycles. The second-order valence-corrected chi connectivity index (χ2v) is 8.04. The van der Waals surface area contributed by atoms with Crippen LogP contribution in [0.4, 0.5) is 0 Å². The number of phenols is 1. The fourth-order valence-corrected chi connectivity index (χ4v) is 3.18. The SMILES string of the molecule is CC(NC(=O)C(N)Cc1ccc(O)cc1)C(=O)NC(Cc1ccccc1)C(=O)NC(CO)C(=O)O. The Morgan fingerprint density at radius 1 is 0.800 bits per heavy atom. The molecular weight excluding hydrogens is 456 g/mol. The van der Waals surface area contributed by atoms with Crippen LogP contribution in [-0.4, -0.2) is 69.8 Å². The van der Waals surface area contributed by atoms with Gasteiger partial charge in [-0.25, -0.2) is 4.79 Å². The van der Waals surface area contributed by atoms with Gasteiger partial charge in [0, 0.05) is 6.42 Å². The highest BCUT2D eigenvalue weighted by Gasteiger charge is 2.28. The molecule has 188 valence electrons. The van der Waals surface area contributed by atoms with Crippen molar-refractivity contribution < 1.29 is 34.5 Å². The van der Waals surface area contributed by atoms with Gasteiger partial charge in [0.1, 0.15) is 23.9 Å². The van der Waals surface area contributed by atoms with Crippen LogP contribution in [0, 0.1) is 0 Å². The first kappa shape index (κ1) is 27.3. The van der Waals surface area contributed by atoms with E-state index in [9.17, 15) is 29.4 Å². The molecule has 0 saturated carbocycles.